The molecule has 0 aliphatic carbocycles. The van der Waals surface area contributed by atoms with Crippen LogP contribution in [0.2, 0.25) is 0 Å². The lowest BCUT2D eigenvalue weighted by Crippen LogP contribution is -2.65. The van der Waals surface area contributed by atoms with Gasteiger partial charge in [0.15, 0.2) is 0 Å². The smallest absolute Gasteiger partial charge is 0.138 e. The Morgan fingerprint density at radius 2 is 2.04 bits per heavy atom. The largest absolute Gasteiger partial charge is 0.497 e. The van der Waals surface area contributed by atoms with Crippen LogP contribution in [-0.2, 0) is 11.3 Å². The maximum atomic E-state index is 6.12. The highest BCUT2D eigenvalue weighted by atomic mass is 16.5. The summed E-state index contributed by atoms with van der Waals surface area (Å²) in [6, 6.07) is 12.1. The maximum Gasteiger partial charge on any atom is 0.138 e. The molecule has 1 atom stereocenters. The van der Waals surface area contributed by atoms with Crippen LogP contribution < -0.4 is 9.47 Å². The van der Waals surface area contributed by atoms with Gasteiger partial charge in [-0.05, 0) is 29.8 Å². The van der Waals surface area contributed by atoms with Crippen LogP contribution in [0.1, 0.15) is 18.4 Å². The molecule has 0 amide bonds. The van der Waals surface area contributed by atoms with Crippen molar-refractivity contribution in [2.24, 2.45) is 0 Å². The van der Waals surface area contributed by atoms with E-state index in [1.165, 1.54) is 5.56 Å². The first-order valence-corrected chi connectivity index (χ1v) is 8.81. The Morgan fingerprint density at radius 1 is 1.20 bits per heavy atom. The molecule has 0 radical (unpaired) electrons. The number of hydrogen-bond donors (Lipinski definition) is 0. The zero-order chi connectivity index (χ0) is 17.1. The lowest BCUT2D eigenvalue weighted by atomic mass is 9.84. The summed E-state index contributed by atoms with van der Waals surface area (Å²) in [5, 5.41) is 0. The van der Waals surface area contributed by atoms with Crippen molar-refractivity contribution in [3.05, 3.63) is 54.4 Å². The summed E-state index contributed by atoms with van der Waals surface area (Å²) < 4.78 is 17.4. The van der Waals surface area contributed by atoms with E-state index in [1.807, 2.05) is 24.3 Å². The van der Waals surface area contributed by atoms with Gasteiger partial charge in [0.1, 0.15) is 17.6 Å². The van der Waals surface area contributed by atoms with Gasteiger partial charge in [0, 0.05) is 38.7 Å². The standard InChI is InChI=1S/C20H24N2O3/c1-23-17-6-4-16(5-7-17)13-22-14-20(15-22)11-18(8-10-24-20)25-19-3-2-9-21-12-19/h2-7,9,12,18H,8,10-11,13-15H2,1H3/t18-/m0/s1. The predicted molar refractivity (Wildman–Crippen MR) is 94.8 cm³/mol. The van der Waals surface area contributed by atoms with Crippen molar-refractivity contribution in [2.45, 2.75) is 31.1 Å². The zero-order valence-electron chi connectivity index (χ0n) is 14.6. The van der Waals surface area contributed by atoms with E-state index >= 15 is 0 Å². The van der Waals surface area contributed by atoms with Crippen molar-refractivity contribution < 1.29 is 14.2 Å². The Hall–Kier alpha value is -2.11. The highest BCUT2D eigenvalue weighted by molar-refractivity contribution is 5.27. The second-order valence-electron chi connectivity index (χ2n) is 6.95. The van der Waals surface area contributed by atoms with Gasteiger partial charge in [-0.3, -0.25) is 9.88 Å². The van der Waals surface area contributed by atoms with Crippen molar-refractivity contribution in [1.82, 2.24) is 9.88 Å². The van der Waals surface area contributed by atoms with Gasteiger partial charge >= 0.3 is 0 Å². The molecule has 0 bridgehead atoms. The zero-order valence-corrected chi connectivity index (χ0v) is 14.6. The highest BCUT2D eigenvalue weighted by Crippen LogP contribution is 2.36. The summed E-state index contributed by atoms with van der Waals surface area (Å²) in [5.41, 5.74) is 1.26. The minimum atomic E-state index is -0.0441. The molecule has 2 aliphatic heterocycles. The van der Waals surface area contributed by atoms with Crippen molar-refractivity contribution >= 4 is 0 Å². The topological polar surface area (TPSA) is 43.8 Å². The first kappa shape index (κ1) is 16.4. The number of hydrogen-bond acceptors (Lipinski definition) is 5. The molecule has 3 heterocycles. The maximum absolute atomic E-state index is 6.12. The summed E-state index contributed by atoms with van der Waals surface area (Å²) >= 11 is 0. The molecule has 5 nitrogen and oxygen atoms in total. The van der Waals surface area contributed by atoms with Gasteiger partial charge in [0.05, 0.1) is 25.5 Å². The number of rotatable bonds is 5. The molecule has 1 aromatic heterocycles. The molecule has 5 heteroatoms. The fraction of sp³-hybridized carbons (Fsp3) is 0.450. The van der Waals surface area contributed by atoms with E-state index in [2.05, 4.69) is 22.0 Å². The van der Waals surface area contributed by atoms with Crippen LogP contribution in [0.3, 0.4) is 0 Å². The summed E-state index contributed by atoms with van der Waals surface area (Å²) in [7, 11) is 1.69. The molecule has 2 fully saturated rings. The fourth-order valence-electron chi connectivity index (χ4n) is 3.78. The Morgan fingerprint density at radius 3 is 2.76 bits per heavy atom. The summed E-state index contributed by atoms with van der Waals surface area (Å²) in [6.07, 6.45) is 5.64. The molecule has 132 valence electrons. The summed E-state index contributed by atoms with van der Waals surface area (Å²) in [6.45, 7) is 3.64. The van der Waals surface area contributed by atoms with Crippen LogP contribution in [0.4, 0.5) is 0 Å². The Bertz CT molecular complexity index is 684. The number of ether oxygens (including phenoxy) is 3. The normalized spacial score (nSPS) is 22.4. The molecule has 2 aliphatic rings. The van der Waals surface area contributed by atoms with Crippen LogP contribution >= 0.6 is 0 Å². The Kier molecular flexibility index (Phi) is 4.59. The van der Waals surface area contributed by atoms with Crippen molar-refractivity contribution in [3.63, 3.8) is 0 Å². The Labute approximate surface area is 148 Å². The molecule has 4 rings (SSSR count). The SMILES string of the molecule is COc1ccc(CN2CC3(C[C@@H](Oc4cccnc4)CCO3)C2)cc1. The number of likely N-dealkylation sites (tertiary alicyclic amines) is 1. The van der Waals surface area contributed by atoms with E-state index < -0.39 is 0 Å². The van der Waals surface area contributed by atoms with Crippen LogP contribution in [0, 0.1) is 0 Å². The number of nitrogens with zero attached hydrogens (tertiary/aromatic N) is 2. The van der Waals surface area contributed by atoms with E-state index in [4.69, 9.17) is 14.2 Å². The lowest BCUT2D eigenvalue weighted by Gasteiger charge is -2.53. The molecule has 0 N–H and O–H groups in total. The molecule has 1 spiro atoms. The first-order chi connectivity index (χ1) is 12.2. The third-order valence-corrected chi connectivity index (χ3v) is 4.97. The van der Waals surface area contributed by atoms with Crippen molar-refractivity contribution in [1.29, 1.82) is 0 Å². The molecular weight excluding hydrogens is 316 g/mol. The van der Waals surface area contributed by atoms with Gasteiger partial charge in [-0.25, -0.2) is 0 Å². The molecular formula is C20H24N2O3. The van der Waals surface area contributed by atoms with Crippen LogP contribution in [-0.4, -0.2) is 48.4 Å². The molecule has 2 aromatic rings. The quantitative estimate of drug-likeness (QED) is 0.837. The van der Waals surface area contributed by atoms with Crippen LogP contribution in [0.5, 0.6) is 11.5 Å². The van der Waals surface area contributed by atoms with Gasteiger partial charge in [0.25, 0.3) is 0 Å². The van der Waals surface area contributed by atoms with Crippen molar-refractivity contribution in [3.8, 4) is 11.5 Å². The van der Waals surface area contributed by atoms with Crippen LogP contribution in [0.25, 0.3) is 0 Å². The van der Waals surface area contributed by atoms with E-state index in [0.29, 0.717) is 0 Å². The molecule has 25 heavy (non-hydrogen) atoms. The highest BCUT2D eigenvalue weighted by Gasteiger charge is 2.47. The summed E-state index contributed by atoms with van der Waals surface area (Å²) in [4.78, 5) is 6.54. The second kappa shape index (κ2) is 7.02. The number of methoxy groups -OCH3 is 1. The third-order valence-electron chi connectivity index (χ3n) is 4.97. The average molecular weight is 340 g/mol. The lowest BCUT2D eigenvalue weighted by molar-refractivity contribution is -0.188. The number of aromatic nitrogens is 1. The van der Waals surface area contributed by atoms with Gasteiger partial charge in [-0.1, -0.05) is 12.1 Å². The van der Waals surface area contributed by atoms with E-state index in [-0.39, 0.29) is 11.7 Å². The molecule has 2 saturated heterocycles. The number of benzene rings is 1. The summed E-state index contributed by atoms with van der Waals surface area (Å²) in [5.74, 6) is 1.74. The minimum absolute atomic E-state index is 0.0441. The van der Waals surface area contributed by atoms with Gasteiger partial charge in [-0.2, -0.15) is 0 Å². The molecule has 0 unspecified atom stereocenters. The van der Waals surface area contributed by atoms with E-state index in [1.54, 1.807) is 19.5 Å². The van der Waals surface area contributed by atoms with Crippen molar-refractivity contribution in [2.75, 3.05) is 26.8 Å². The number of pyridine rings is 1. The van der Waals surface area contributed by atoms with Crippen LogP contribution in [0.15, 0.2) is 48.8 Å². The average Bonchev–Trinajstić information content (AvgIpc) is 2.62. The van der Waals surface area contributed by atoms with E-state index in [0.717, 1.165) is 50.6 Å². The first-order valence-electron chi connectivity index (χ1n) is 8.81. The van der Waals surface area contributed by atoms with Gasteiger partial charge in [0.2, 0.25) is 0 Å². The van der Waals surface area contributed by atoms with E-state index in [9.17, 15) is 0 Å². The molecule has 0 saturated carbocycles. The fourth-order valence-corrected chi connectivity index (χ4v) is 3.78. The third kappa shape index (κ3) is 3.78. The second-order valence-corrected chi connectivity index (χ2v) is 6.95. The van der Waals surface area contributed by atoms with Gasteiger partial charge < -0.3 is 14.2 Å². The monoisotopic (exact) mass is 340 g/mol. The minimum Gasteiger partial charge on any atom is -0.497 e. The van der Waals surface area contributed by atoms with Gasteiger partial charge in [-0.15, -0.1) is 0 Å². The predicted octanol–water partition coefficient (Wildman–Crippen LogP) is 2.90. The Balaban J connectivity index is 1.30. The molecule has 1 aromatic carbocycles.